The Morgan fingerprint density at radius 1 is 0.836 bits per heavy atom. The molecule has 2 aromatic carbocycles. The zero-order valence-electron chi connectivity index (χ0n) is 40.4. The molecule has 1 unspecified atom stereocenters. The molecule has 3 amide bonds. The Kier molecular flexibility index (Phi) is 15.3. The second-order valence-corrected chi connectivity index (χ2v) is 18.0. The Morgan fingerprint density at radius 3 is 2.41 bits per heavy atom. The van der Waals surface area contributed by atoms with Crippen molar-refractivity contribution in [2.75, 3.05) is 102 Å². The van der Waals surface area contributed by atoms with Crippen LogP contribution in [0.1, 0.15) is 24.4 Å². The molecule has 73 heavy (non-hydrogen) atoms. The van der Waals surface area contributed by atoms with Gasteiger partial charge in [0.1, 0.15) is 12.6 Å². The predicted octanol–water partition coefficient (Wildman–Crippen LogP) is 1.48. The van der Waals surface area contributed by atoms with Gasteiger partial charge in [-0.1, -0.05) is 41.6 Å². The summed E-state index contributed by atoms with van der Waals surface area (Å²) >= 11 is 0. The number of nitrogens with one attached hydrogen (secondary N) is 2. The summed E-state index contributed by atoms with van der Waals surface area (Å²) < 4.78 is 27.6. The summed E-state index contributed by atoms with van der Waals surface area (Å²) in [7, 11) is 1.85. The third-order valence-electron chi connectivity index (χ3n) is 13.0. The van der Waals surface area contributed by atoms with Crippen molar-refractivity contribution in [3.8, 4) is 22.4 Å². The largest absolute Gasteiger partial charge is 0.382 e. The van der Waals surface area contributed by atoms with Crippen molar-refractivity contribution < 1.29 is 33.3 Å². The van der Waals surface area contributed by atoms with E-state index in [1.807, 2.05) is 36.6 Å². The van der Waals surface area contributed by atoms with Gasteiger partial charge in [0.2, 0.25) is 23.4 Å². The van der Waals surface area contributed by atoms with Crippen molar-refractivity contribution in [1.29, 1.82) is 0 Å². The number of imide groups is 1. The molecule has 10 rings (SSSR count). The number of hydrogen-bond acceptors (Lipinski definition) is 19. The quantitative estimate of drug-likeness (QED) is 0.0810. The Hall–Kier alpha value is -7.64. The van der Waals surface area contributed by atoms with Gasteiger partial charge in [0, 0.05) is 107 Å². The first-order valence-electron chi connectivity index (χ1n) is 24.4. The fourth-order valence-electron chi connectivity index (χ4n) is 9.07. The number of piperazine rings is 1. The lowest BCUT2D eigenvalue weighted by molar-refractivity contribution is -0.138. The van der Waals surface area contributed by atoms with E-state index in [1.54, 1.807) is 40.1 Å². The second kappa shape index (κ2) is 22.8. The van der Waals surface area contributed by atoms with E-state index in [0.29, 0.717) is 112 Å². The number of piperidine rings is 1. The lowest BCUT2D eigenvalue weighted by Gasteiger charge is -2.34. The Morgan fingerprint density at radius 2 is 1.63 bits per heavy atom. The third kappa shape index (κ3) is 11.8. The van der Waals surface area contributed by atoms with Crippen LogP contribution in [0.15, 0.2) is 84.4 Å². The van der Waals surface area contributed by atoms with Crippen molar-refractivity contribution in [3.05, 3.63) is 95.6 Å². The van der Waals surface area contributed by atoms with Crippen LogP contribution in [0, 0.1) is 0 Å². The fourth-order valence-corrected chi connectivity index (χ4v) is 9.07. The number of nitrogens with zero attached hydrogens (tertiary/aromatic N) is 14. The van der Waals surface area contributed by atoms with Gasteiger partial charge in [-0.05, 0) is 23.6 Å². The van der Waals surface area contributed by atoms with Crippen LogP contribution in [0.5, 0.6) is 0 Å². The number of fused-ring (bicyclic) bond motifs is 2. The molecule has 3 fully saturated rings. The highest BCUT2D eigenvalue weighted by molar-refractivity contribution is 5.99. The lowest BCUT2D eigenvalue weighted by atomic mass is 10.1. The molecule has 3 aliphatic heterocycles. The minimum absolute atomic E-state index is 0.000543. The number of rotatable bonds is 20. The SMILES string of the molecule is Cn1cc(-c2cnc3c(nnn3C[C@@H]3CN(c4ncc(-c5ccc(CN6CCN(C(=O)COCCOCCOCCNc7cccc8cnn(C9CCC(=O)NC9=O)c(=O)c78)CC6)cc5)cn4)CCO3)n2)cn1. The summed E-state index contributed by atoms with van der Waals surface area (Å²) in [6.07, 6.45) is 10.8. The van der Waals surface area contributed by atoms with E-state index in [0.717, 1.165) is 41.0 Å². The average Bonchev–Trinajstić information content (AvgIpc) is 4.04. The van der Waals surface area contributed by atoms with Crippen LogP contribution in [0.3, 0.4) is 0 Å². The maximum atomic E-state index is 13.4. The molecular weight excluding hydrogens is 941 g/mol. The van der Waals surface area contributed by atoms with Crippen LogP contribution < -0.4 is 21.1 Å². The molecule has 0 bridgehead atoms. The van der Waals surface area contributed by atoms with E-state index in [2.05, 4.69) is 75.2 Å². The summed E-state index contributed by atoms with van der Waals surface area (Å²) in [5.74, 6) is -0.285. The van der Waals surface area contributed by atoms with Gasteiger partial charge in [-0.15, -0.1) is 5.10 Å². The monoisotopic (exact) mass is 996 g/mol. The van der Waals surface area contributed by atoms with Crippen LogP contribution in [-0.4, -0.2) is 180 Å². The van der Waals surface area contributed by atoms with E-state index >= 15 is 0 Å². The standard InChI is InChI=1S/C49H56N16O8/c1-60-29-37(26-54-60)40-27-51-46-45(56-40)58-59-64(46)31-38-30-63(16-18-73-38)49-52-23-36(24-53-49)34-7-5-33(6-8-34)28-61-12-14-62(15-13-61)43(67)32-72-22-21-71-20-19-70-17-11-50-39-4-2-3-35-25-55-65(48(69)44(35)39)41-9-10-42(66)57-47(41)68/h2-8,23-27,29,38,41,50H,9-22,28,30-32H2,1H3,(H,57,66,68)/t38-,41?/m0/s1. The molecule has 7 aromatic rings. The first-order chi connectivity index (χ1) is 35.7. The van der Waals surface area contributed by atoms with Gasteiger partial charge in [-0.2, -0.15) is 10.2 Å². The Labute approximate surface area is 418 Å². The van der Waals surface area contributed by atoms with Crippen molar-refractivity contribution >= 4 is 51.4 Å². The first kappa shape index (κ1) is 49.0. The minimum atomic E-state index is -0.844. The molecular formula is C49H56N16O8. The van der Waals surface area contributed by atoms with Crippen molar-refractivity contribution in [2.24, 2.45) is 7.05 Å². The molecule has 0 radical (unpaired) electrons. The highest BCUT2D eigenvalue weighted by Crippen LogP contribution is 2.25. The molecule has 2 N–H and O–H groups in total. The number of anilines is 2. The topological polar surface area (TPSA) is 257 Å². The van der Waals surface area contributed by atoms with E-state index in [-0.39, 0.29) is 44.0 Å². The lowest BCUT2D eigenvalue weighted by Crippen LogP contribution is -2.49. The highest BCUT2D eigenvalue weighted by atomic mass is 16.5. The summed E-state index contributed by atoms with van der Waals surface area (Å²) in [5.41, 5.74) is 5.94. The third-order valence-corrected chi connectivity index (χ3v) is 13.0. The summed E-state index contributed by atoms with van der Waals surface area (Å²) in [4.78, 5) is 75.3. The maximum Gasteiger partial charge on any atom is 0.277 e. The van der Waals surface area contributed by atoms with Crippen LogP contribution in [0.2, 0.25) is 0 Å². The van der Waals surface area contributed by atoms with Crippen molar-refractivity contribution in [3.63, 3.8) is 0 Å². The maximum absolute atomic E-state index is 13.4. The number of morpholine rings is 1. The van der Waals surface area contributed by atoms with Gasteiger partial charge >= 0.3 is 0 Å². The van der Waals surface area contributed by atoms with E-state index in [9.17, 15) is 19.2 Å². The average molecular weight is 997 g/mol. The predicted molar refractivity (Wildman–Crippen MR) is 265 cm³/mol. The van der Waals surface area contributed by atoms with Crippen LogP contribution in [0.4, 0.5) is 11.6 Å². The Balaban J connectivity index is 0.585. The summed E-state index contributed by atoms with van der Waals surface area (Å²) in [5, 5.41) is 23.5. The molecule has 8 heterocycles. The number of hydrogen-bond donors (Lipinski definition) is 2. The molecule has 24 nitrogen and oxygen atoms in total. The Bertz CT molecular complexity index is 3100. The van der Waals surface area contributed by atoms with Gasteiger partial charge < -0.3 is 34.1 Å². The zero-order chi connectivity index (χ0) is 50.1. The first-order valence-corrected chi connectivity index (χ1v) is 24.4. The summed E-state index contributed by atoms with van der Waals surface area (Å²) in [6.45, 7) is 7.96. The molecule has 24 heteroatoms. The number of aryl methyl sites for hydroxylation is 1. The highest BCUT2D eigenvalue weighted by Gasteiger charge is 2.31. The number of benzene rings is 2. The van der Waals surface area contributed by atoms with E-state index in [4.69, 9.17) is 28.9 Å². The molecule has 380 valence electrons. The fraction of sp³-hybridized carbons (Fsp3) is 0.429. The second-order valence-electron chi connectivity index (χ2n) is 18.0. The van der Waals surface area contributed by atoms with Gasteiger partial charge in [0.25, 0.3) is 11.5 Å². The van der Waals surface area contributed by atoms with Gasteiger partial charge in [0.15, 0.2) is 5.65 Å². The number of carbonyl (C=O) groups excluding carboxylic acids is 3. The molecule has 3 aliphatic rings. The number of carbonyl (C=O) groups is 3. The van der Waals surface area contributed by atoms with E-state index < -0.39 is 17.5 Å². The molecule has 5 aromatic heterocycles. The van der Waals surface area contributed by atoms with Crippen molar-refractivity contribution in [1.82, 2.24) is 69.6 Å². The number of ether oxygens (including phenoxy) is 4. The molecule has 0 saturated carbocycles. The molecule has 2 atom stereocenters. The van der Waals surface area contributed by atoms with Gasteiger partial charge in [0.05, 0.1) is 82.0 Å². The minimum Gasteiger partial charge on any atom is -0.382 e. The number of aromatic nitrogens is 11. The van der Waals surface area contributed by atoms with Gasteiger partial charge in [-0.25, -0.2) is 29.3 Å². The van der Waals surface area contributed by atoms with Crippen molar-refractivity contribution in [2.45, 2.75) is 38.1 Å². The van der Waals surface area contributed by atoms with Gasteiger partial charge in [-0.3, -0.25) is 34.1 Å². The normalized spacial score (nSPS) is 17.7. The van der Waals surface area contributed by atoms with Crippen LogP contribution in [0.25, 0.3) is 44.5 Å². The zero-order valence-corrected chi connectivity index (χ0v) is 40.4. The molecule has 3 saturated heterocycles. The molecule has 0 spiro atoms. The number of amides is 3. The van der Waals surface area contributed by atoms with E-state index in [1.165, 1.54) is 5.56 Å². The molecule has 0 aliphatic carbocycles. The van der Waals surface area contributed by atoms with Crippen LogP contribution >= 0.6 is 0 Å². The van der Waals surface area contributed by atoms with Crippen LogP contribution in [-0.2, 0) is 53.5 Å². The summed E-state index contributed by atoms with van der Waals surface area (Å²) in [6, 6.07) is 13.0. The smallest absolute Gasteiger partial charge is 0.277 e.